The quantitative estimate of drug-likeness (QED) is 0.193. The average molecular weight is 611 g/mol. The Labute approximate surface area is 280 Å². The fourth-order valence-electron chi connectivity index (χ4n) is 8.22. The summed E-state index contributed by atoms with van der Waals surface area (Å²) in [6.07, 6.45) is 0. The Kier molecular flexibility index (Phi) is 5.86. The van der Waals surface area contributed by atoms with Crippen LogP contribution in [0.3, 0.4) is 0 Å². The van der Waals surface area contributed by atoms with Crippen LogP contribution in [0.15, 0.2) is 182 Å². The molecule has 0 unspecified atom stereocenters. The van der Waals surface area contributed by atoms with Crippen LogP contribution < -0.4 is 4.74 Å². The molecular weight excluding hydrogens is 581 g/mol. The molecule has 2 aliphatic rings. The first kappa shape index (κ1) is 27.0. The highest BCUT2D eigenvalue weighted by molar-refractivity contribution is 6.04. The zero-order chi connectivity index (χ0) is 31.7. The summed E-state index contributed by atoms with van der Waals surface area (Å²) in [5.41, 5.74) is 14.6. The predicted octanol–water partition coefficient (Wildman–Crippen LogP) is 12.3. The summed E-state index contributed by atoms with van der Waals surface area (Å²) in [6.45, 7) is 0. The predicted molar refractivity (Wildman–Crippen MR) is 198 cm³/mol. The van der Waals surface area contributed by atoms with Crippen LogP contribution in [0.1, 0.15) is 22.3 Å². The van der Waals surface area contributed by atoms with Crippen LogP contribution in [-0.2, 0) is 5.41 Å². The standard InChI is InChI=1S/C47H30O/c1-3-13-36(14-4-1)47(37-15-5-2-6-16-37)42-19-8-7-17-38(42)39-27-25-35(30-43(39)47)32-23-21-31(22-24-32)34-26-28-44-41(29-34)40-18-9-11-33-12-10-20-45(48-44)46(33)40/h1-30H. The Balaban J connectivity index is 1.08. The Morgan fingerprint density at radius 2 is 0.896 bits per heavy atom. The molecule has 10 rings (SSSR count). The molecule has 8 aromatic rings. The van der Waals surface area contributed by atoms with Crippen molar-refractivity contribution in [3.8, 4) is 56.0 Å². The van der Waals surface area contributed by atoms with Gasteiger partial charge in [-0.25, -0.2) is 0 Å². The summed E-state index contributed by atoms with van der Waals surface area (Å²) < 4.78 is 6.36. The number of rotatable bonds is 4. The maximum Gasteiger partial charge on any atom is 0.135 e. The van der Waals surface area contributed by atoms with Crippen molar-refractivity contribution in [1.29, 1.82) is 0 Å². The average Bonchev–Trinajstić information content (AvgIpc) is 3.46. The number of benzene rings is 8. The second-order valence-electron chi connectivity index (χ2n) is 12.8. The molecule has 1 heteroatoms. The molecule has 1 heterocycles. The molecule has 1 aliphatic heterocycles. The molecule has 0 amide bonds. The van der Waals surface area contributed by atoms with Crippen molar-refractivity contribution in [2.24, 2.45) is 0 Å². The van der Waals surface area contributed by atoms with Gasteiger partial charge in [0.2, 0.25) is 0 Å². The molecule has 0 bridgehead atoms. The van der Waals surface area contributed by atoms with Gasteiger partial charge in [0.1, 0.15) is 11.5 Å². The van der Waals surface area contributed by atoms with Gasteiger partial charge >= 0.3 is 0 Å². The first-order chi connectivity index (χ1) is 23.8. The van der Waals surface area contributed by atoms with Crippen LogP contribution in [0.4, 0.5) is 0 Å². The fraction of sp³-hybridized carbons (Fsp3) is 0.0213. The van der Waals surface area contributed by atoms with Gasteiger partial charge in [0.05, 0.1) is 5.41 Å². The molecule has 0 saturated heterocycles. The second-order valence-corrected chi connectivity index (χ2v) is 12.8. The summed E-state index contributed by atoms with van der Waals surface area (Å²) in [5, 5.41) is 2.38. The van der Waals surface area contributed by atoms with Crippen molar-refractivity contribution in [3.63, 3.8) is 0 Å². The minimum absolute atomic E-state index is 0.406. The van der Waals surface area contributed by atoms with E-state index in [4.69, 9.17) is 4.74 Å². The summed E-state index contributed by atoms with van der Waals surface area (Å²) in [5.74, 6) is 1.83. The maximum atomic E-state index is 6.36. The number of hydrogen-bond acceptors (Lipinski definition) is 1. The third-order valence-electron chi connectivity index (χ3n) is 10.4. The fourth-order valence-corrected chi connectivity index (χ4v) is 8.22. The van der Waals surface area contributed by atoms with Crippen molar-refractivity contribution in [1.82, 2.24) is 0 Å². The highest BCUT2D eigenvalue weighted by Gasteiger charge is 2.46. The monoisotopic (exact) mass is 610 g/mol. The highest BCUT2D eigenvalue weighted by Crippen LogP contribution is 2.56. The molecule has 0 saturated carbocycles. The summed E-state index contributed by atoms with van der Waals surface area (Å²) in [7, 11) is 0. The van der Waals surface area contributed by atoms with Crippen LogP contribution in [0.25, 0.3) is 55.3 Å². The lowest BCUT2D eigenvalue weighted by Gasteiger charge is -2.34. The molecule has 48 heavy (non-hydrogen) atoms. The van der Waals surface area contributed by atoms with E-state index >= 15 is 0 Å². The summed E-state index contributed by atoms with van der Waals surface area (Å²) in [6, 6.07) is 66.3. The molecule has 0 radical (unpaired) electrons. The van der Waals surface area contributed by atoms with Crippen molar-refractivity contribution in [2.45, 2.75) is 5.41 Å². The Morgan fingerprint density at radius 3 is 1.62 bits per heavy atom. The van der Waals surface area contributed by atoms with E-state index in [1.165, 1.54) is 72.0 Å². The largest absolute Gasteiger partial charge is 0.456 e. The minimum Gasteiger partial charge on any atom is -0.456 e. The van der Waals surface area contributed by atoms with Crippen LogP contribution >= 0.6 is 0 Å². The first-order valence-electron chi connectivity index (χ1n) is 16.6. The Hall–Kier alpha value is -6.18. The van der Waals surface area contributed by atoms with Gasteiger partial charge in [0.25, 0.3) is 0 Å². The van der Waals surface area contributed by atoms with Gasteiger partial charge < -0.3 is 4.74 Å². The number of ether oxygens (including phenoxy) is 1. The van der Waals surface area contributed by atoms with E-state index in [1.807, 2.05) is 0 Å². The van der Waals surface area contributed by atoms with Crippen LogP contribution in [0.2, 0.25) is 0 Å². The normalized spacial score (nSPS) is 13.3. The van der Waals surface area contributed by atoms with Crippen LogP contribution in [-0.4, -0.2) is 0 Å². The molecule has 0 aromatic heterocycles. The van der Waals surface area contributed by atoms with E-state index in [0.29, 0.717) is 0 Å². The van der Waals surface area contributed by atoms with Gasteiger partial charge in [0.15, 0.2) is 0 Å². The van der Waals surface area contributed by atoms with Crippen molar-refractivity contribution >= 4 is 10.8 Å². The lowest BCUT2D eigenvalue weighted by atomic mass is 9.67. The Morgan fingerprint density at radius 1 is 0.333 bits per heavy atom. The van der Waals surface area contributed by atoms with E-state index < -0.39 is 5.41 Å². The van der Waals surface area contributed by atoms with Gasteiger partial charge in [-0.1, -0.05) is 158 Å². The van der Waals surface area contributed by atoms with Crippen molar-refractivity contribution < 1.29 is 4.74 Å². The van der Waals surface area contributed by atoms with Crippen molar-refractivity contribution in [3.05, 3.63) is 204 Å². The minimum atomic E-state index is -0.406. The number of fused-ring (bicyclic) bond motifs is 5. The van der Waals surface area contributed by atoms with Gasteiger partial charge in [-0.05, 0) is 90.8 Å². The lowest BCUT2D eigenvalue weighted by Crippen LogP contribution is -2.28. The second kappa shape index (κ2) is 10.4. The smallest absolute Gasteiger partial charge is 0.135 e. The summed E-state index contributed by atoms with van der Waals surface area (Å²) in [4.78, 5) is 0. The first-order valence-corrected chi connectivity index (χ1v) is 16.6. The van der Waals surface area contributed by atoms with E-state index in [2.05, 4.69) is 182 Å². The molecule has 8 aromatic carbocycles. The Bertz CT molecular complexity index is 2460. The van der Waals surface area contributed by atoms with Crippen molar-refractivity contribution in [2.75, 3.05) is 0 Å². The van der Waals surface area contributed by atoms with Gasteiger partial charge in [-0.2, -0.15) is 0 Å². The third-order valence-corrected chi connectivity index (χ3v) is 10.4. The molecular formula is C47H30O. The van der Waals surface area contributed by atoms with E-state index in [-0.39, 0.29) is 0 Å². The van der Waals surface area contributed by atoms with Gasteiger partial charge in [-0.3, -0.25) is 0 Å². The number of hydrogen-bond donors (Lipinski definition) is 0. The van der Waals surface area contributed by atoms with Gasteiger partial charge in [0, 0.05) is 10.9 Å². The van der Waals surface area contributed by atoms with E-state index in [1.54, 1.807) is 0 Å². The topological polar surface area (TPSA) is 9.23 Å². The molecule has 1 aliphatic carbocycles. The lowest BCUT2D eigenvalue weighted by molar-refractivity contribution is 0.487. The zero-order valence-electron chi connectivity index (χ0n) is 26.2. The SMILES string of the molecule is c1ccc(C2(c3ccccc3)c3ccccc3-c3ccc(-c4ccc(-c5ccc6c(c5)-c5cccc7cccc(c57)O6)cc4)cc32)cc1. The van der Waals surface area contributed by atoms with Crippen LogP contribution in [0, 0.1) is 0 Å². The maximum absolute atomic E-state index is 6.36. The van der Waals surface area contributed by atoms with E-state index in [9.17, 15) is 0 Å². The third kappa shape index (κ3) is 3.85. The molecule has 0 spiro atoms. The summed E-state index contributed by atoms with van der Waals surface area (Å²) >= 11 is 0. The molecule has 0 fully saturated rings. The van der Waals surface area contributed by atoms with E-state index in [0.717, 1.165) is 17.1 Å². The highest BCUT2D eigenvalue weighted by atomic mass is 16.5. The van der Waals surface area contributed by atoms with Crippen LogP contribution in [0.5, 0.6) is 11.5 Å². The van der Waals surface area contributed by atoms with Gasteiger partial charge in [-0.15, -0.1) is 0 Å². The molecule has 0 N–H and O–H groups in total. The molecule has 1 nitrogen and oxygen atoms in total. The molecule has 224 valence electrons. The molecule has 0 atom stereocenters. The zero-order valence-corrected chi connectivity index (χ0v) is 26.2.